The number of fused-ring (bicyclic) bond motifs is 2. The van der Waals surface area contributed by atoms with Crippen molar-refractivity contribution in [2.75, 3.05) is 12.4 Å². The van der Waals surface area contributed by atoms with Crippen molar-refractivity contribution in [1.82, 2.24) is 4.90 Å². The SMILES string of the molecule is COC(=O)[C@H](C(C)C)N1Cc2ccc(-c3ccc(NC(=O)c4ccc5ccccc5c4)cc3)cc2C1=O. The van der Waals surface area contributed by atoms with Crippen LogP contribution in [0.1, 0.15) is 40.1 Å². The number of carbonyl (C=O) groups excluding carboxylic acids is 3. The highest BCUT2D eigenvalue weighted by molar-refractivity contribution is 6.06. The minimum absolute atomic E-state index is 0.0671. The van der Waals surface area contributed by atoms with Gasteiger partial charge >= 0.3 is 5.97 Å². The lowest BCUT2D eigenvalue weighted by atomic mass is 10.00. The minimum atomic E-state index is -0.626. The lowest BCUT2D eigenvalue weighted by molar-refractivity contribution is -0.147. The number of hydrogen-bond donors (Lipinski definition) is 1. The number of esters is 1. The van der Waals surface area contributed by atoms with Crippen molar-refractivity contribution in [3.8, 4) is 11.1 Å². The lowest BCUT2D eigenvalue weighted by Crippen LogP contribution is -2.45. The van der Waals surface area contributed by atoms with E-state index in [1.54, 1.807) is 4.90 Å². The molecule has 0 saturated heterocycles. The molecule has 1 aliphatic heterocycles. The van der Waals surface area contributed by atoms with Crippen molar-refractivity contribution >= 4 is 34.2 Å². The number of benzene rings is 4. The van der Waals surface area contributed by atoms with E-state index in [-0.39, 0.29) is 17.7 Å². The molecule has 1 aliphatic rings. The molecule has 0 spiro atoms. The second-order valence-electron chi connectivity index (χ2n) is 9.61. The number of hydrogen-bond acceptors (Lipinski definition) is 4. The molecule has 6 heteroatoms. The van der Waals surface area contributed by atoms with Gasteiger partial charge in [0.25, 0.3) is 11.8 Å². The maximum Gasteiger partial charge on any atom is 0.328 e. The molecular weight excluding hydrogens is 464 g/mol. The quantitative estimate of drug-likeness (QED) is 0.340. The van der Waals surface area contributed by atoms with Gasteiger partial charge in [-0.15, -0.1) is 0 Å². The molecule has 5 rings (SSSR count). The Kier molecular flexibility index (Phi) is 6.49. The number of methoxy groups -OCH3 is 1. The number of carbonyl (C=O) groups is 3. The van der Waals surface area contributed by atoms with Gasteiger partial charge in [-0.1, -0.05) is 68.4 Å². The summed E-state index contributed by atoms with van der Waals surface area (Å²) in [5.74, 6) is -0.812. The molecule has 0 radical (unpaired) electrons. The summed E-state index contributed by atoms with van der Waals surface area (Å²) < 4.78 is 4.95. The maximum atomic E-state index is 13.2. The molecule has 186 valence electrons. The molecule has 0 unspecified atom stereocenters. The van der Waals surface area contributed by atoms with Crippen LogP contribution in [0.2, 0.25) is 0 Å². The highest BCUT2D eigenvalue weighted by atomic mass is 16.5. The van der Waals surface area contributed by atoms with Crippen LogP contribution in [-0.4, -0.2) is 35.8 Å². The number of nitrogens with one attached hydrogen (secondary N) is 1. The van der Waals surface area contributed by atoms with E-state index in [9.17, 15) is 14.4 Å². The van der Waals surface area contributed by atoms with Gasteiger partial charge in [-0.05, 0) is 63.7 Å². The summed E-state index contributed by atoms with van der Waals surface area (Å²) in [6.45, 7) is 4.19. The Hall–Kier alpha value is -4.45. The first-order chi connectivity index (χ1) is 17.9. The van der Waals surface area contributed by atoms with Crippen molar-refractivity contribution < 1.29 is 19.1 Å². The number of amides is 2. The molecule has 0 bridgehead atoms. The van der Waals surface area contributed by atoms with Gasteiger partial charge in [-0.3, -0.25) is 9.59 Å². The molecule has 4 aromatic rings. The Balaban J connectivity index is 1.32. The zero-order valence-corrected chi connectivity index (χ0v) is 21.0. The molecule has 0 aliphatic carbocycles. The summed E-state index contributed by atoms with van der Waals surface area (Å²) in [4.78, 5) is 39.9. The smallest absolute Gasteiger partial charge is 0.328 e. The lowest BCUT2D eigenvalue weighted by Gasteiger charge is -2.28. The van der Waals surface area contributed by atoms with Crippen LogP contribution in [0.5, 0.6) is 0 Å². The van der Waals surface area contributed by atoms with Gasteiger partial charge in [-0.2, -0.15) is 0 Å². The predicted molar refractivity (Wildman–Crippen MR) is 144 cm³/mol. The molecule has 2 amide bonds. The highest BCUT2D eigenvalue weighted by Crippen LogP contribution is 2.32. The van der Waals surface area contributed by atoms with Gasteiger partial charge in [0, 0.05) is 23.4 Å². The Morgan fingerprint density at radius 2 is 1.57 bits per heavy atom. The van der Waals surface area contributed by atoms with Crippen LogP contribution in [-0.2, 0) is 16.1 Å². The third kappa shape index (κ3) is 4.70. The molecule has 37 heavy (non-hydrogen) atoms. The summed E-state index contributed by atoms with van der Waals surface area (Å²) in [6, 6.07) is 26.3. The fourth-order valence-electron chi connectivity index (χ4n) is 4.89. The van der Waals surface area contributed by atoms with Crippen molar-refractivity contribution in [2.24, 2.45) is 5.92 Å². The zero-order valence-electron chi connectivity index (χ0n) is 21.0. The molecule has 0 aromatic heterocycles. The summed E-state index contributed by atoms with van der Waals surface area (Å²) in [7, 11) is 1.34. The highest BCUT2D eigenvalue weighted by Gasteiger charge is 2.38. The third-order valence-electron chi connectivity index (χ3n) is 6.84. The maximum absolute atomic E-state index is 13.2. The standard InChI is InChI=1S/C31H28N2O4/c1-19(2)28(31(36)37-3)33-18-25-11-9-23(17-27(25)30(33)35)21-12-14-26(15-13-21)32-29(34)24-10-8-20-6-4-5-7-22(20)16-24/h4-17,19,28H,18H2,1-3H3,(H,32,34)/t28-/m0/s1. The van der Waals surface area contributed by atoms with Crippen LogP contribution in [0.25, 0.3) is 21.9 Å². The average molecular weight is 493 g/mol. The Labute approximate surface area is 215 Å². The van der Waals surface area contributed by atoms with Crippen molar-refractivity contribution in [3.63, 3.8) is 0 Å². The normalized spacial score (nSPS) is 13.5. The van der Waals surface area contributed by atoms with Gasteiger partial charge in [-0.25, -0.2) is 4.79 Å². The monoisotopic (exact) mass is 492 g/mol. The molecule has 0 saturated carbocycles. The summed E-state index contributed by atoms with van der Waals surface area (Å²) in [5, 5.41) is 5.05. The van der Waals surface area contributed by atoms with Crippen LogP contribution in [0.4, 0.5) is 5.69 Å². The van der Waals surface area contributed by atoms with Crippen LogP contribution in [0.3, 0.4) is 0 Å². The van der Waals surface area contributed by atoms with Crippen molar-refractivity contribution in [3.05, 3.63) is 102 Å². The fraction of sp³-hybridized carbons (Fsp3) is 0.194. The van der Waals surface area contributed by atoms with E-state index in [1.807, 2.05) is 98.8 Å². The fourth-order valence-corrected chi connectivity index (χ4v) is 4.89. The molecule has 4 aromatic carbocycles. The third-order valence-corrected chi connectivity index (χ3v) is 6.84. The van der Waals surface area contributed by atoms with Crippen molar-refractivity contribution in [2.45, 2.75) is 26.4 Å². The first-order valence-electron chi connectivity index (χ1n) is 12.3. The summed E-state index contributed by atoms with van der Waals surface area (Å²) >= 11 is 0. The van der Waals surface area contributed by atoms with Gasteiger partial charge in [0.15, 0.2) is 0 Å². The second kappa shape index (κ2) is 9.90. The van der Waals surface area contributed by atoms with Crippen LogP contribution in [0.15, 0.2) is 84.9 Å². The summed E-state index contributed by atoms with van der Waals surface area (Å²) in [6.07, 6.45) is 0. The number of ether oxygens (including phenoxy) is 1. The number of anilines is 1. The van der Waals surface area contributed by atoms with Crippen LogP contribution in [0, 0.1) is 5.92 Å². The topological polar surface area (TPSA) is 75.7 Å². The molecular formula is C31H28N2O4. The molecule has 1 heterocycles. The second-order valence-corrected chi connectivity index (χ2v) is 9.61. The van der Waals surface area contributed by atoms with Gasteiger partial charge in [0.1, 0.15) is 6.04 Å². The predicted octanol–water partition coefficient (Wildman–Crippen LogP) is 5.91. The van der Waals surface area contributed by atoms with E-state index in [4.69, 9.17) is 4.74 Å². The van der Waals surface area contributed by atoms with E-state index in [0.717, 1.165) is 27.5 Å². The molecule has 1 N–H and O–H groups in total. The number of nitrogens with zero attached hydrogens (tertiary/aromatic N) is 1. The summed E-state index contributed by atoms with van der Waals surface area (Å²) in [5.41, 5.74) is 4.58. The van der Waals surface area contributed by atoms with Gasteiger partial charge in [0.2, 0.25) is 0 Å². The van der Waals surface area contributed by atoms with Gasteiger partial charge in [0.05, 0.1) is 7.11 Å². The molecule has 0 fully saturated rings. The number of rotatable bonds is 6. The van der Waals surface area contributed by atoms with Crippen LogP contribution >= 0.6 is 0 Å². The Morgan fingerprint density at radius 1 is 0.865 bits per heavy atom. The van der Waals surface area contributed by atoms with Crippen LogP contribution < -0.4 is 5.32 Å². The Morgan fingerprint density at radius 3 is 2.27 bits per heavy atom. The first kappa shape index (κ1) is 24.3. The molecule has 1 atom stereocenters. The van der Waals surface area contributed by atoms with Crippen molar-refractivity contribution in [1.29, 1.82) is 0 Å². The van der Waals surface area contributed by atoms with E-state index in [0.29, 0.717) is 23.4 Å². The molecule has 6 nitrogen and oxygen atoms in total. The Bertz CT molecular complexity index is 1510. The zero-order chi connectivity index (χ0) is 26.1. The van der Waals surface area contributed by atoms with E-state index >= 15 is 0 Å². The van der Waals surface area contributed by atoms with E-state index in [2.05, 4.69) is 5.32 Å². The first-order valence-corrected chi connectivity index (χ1v) is 12.3. The minimum Gasteiger partial charge on any atom is -0.467 e. The van der Waals surface area contributed by atoms with E-state index in [1.165, 1.54) is 7.11 Å². The van der Waals surface area contributed by atoms with E-state index < -0.39 is 12.0 Å². The largest absolute Gasteiger partial charge is 0.467 e. The van der Waals surface area contributed by atoms with Gasteiger partial charge < -0.3 is 15.0 Å². The average Bonchev–Trinajstić information content (AvgIpc) is 3.23.